The maximum Gasteiger partial charge on any atom is 0.179 e. The molecule has 0 unspecified atom stereocenters. The number of benzene rings is 2. The van der Waals surface area contributed by atoms with Gasteiger partial charge in [0.05, 0.1) is 6.33 Å². The van der Waals surface area contributed by atoms with Gasteiger partial charge in [0, 0.05) is 30.3 Å². The molecule has 0 saturated heterocycles. The second-order valence-corrected chi connectivity index (χ2v) is 5.61. The number of aromatic amines is 1. The minimum Gasteiger partial charge on any atom is -0.396 e. The predicted octanol–water partition coefficient (Wildman–Crippen LogP) is 2.25. The molecule has 7 heteroatoms. The number of rotatable bonds is 5. The molecule has 0 radical (unpaired) electrons. The number of hydrogen-bond donors (Lipinski definition) is 2. The molecule has 2 heterocycles. The van der Waals surface area contributed by atoms with Crippen LogP contribution in [0.1, 0.15) is 5.56 Å². The van der Waals surface area contributed by atoms with Crippen molar-refractivity contribution in [3.05, 3.63) is 66.7 Å². The van der Waals surface area contributed by atoms with Gasteiger partial charge in [-0.3, -0.25) is 0 Å². The molecule has 4 rings (SSSR count). The highest BCUT2D eigenvalue weighted by molar-refractivity contribution is 5.71. The first kappa shape index (κ1) is 15.2. The first-order valence-corrected chi connectivity index (χ1v) is 7.92. The van der Waals surface area contributed by atoms with E-state index in [1.807, 2.05) is 41.1 Å². The number of nitrogens with one attached hydrogen (secondary N) is 1. The zero-order valence-electron chi connectivity index (χ0n) is 13.4. The molecule has 7 nitrogen and oxygen atoms in total. The number of hydrogen-bond acceptors (Lipinski definition) is 5. The Morgan fingerprint density at radius 2 is 1.88 bits per heavy atom. The molecule has 2 aromatic heterocycles. The first-order chi connectivity index (χ1) is 12.3. The summed E-state index contributed by atoms with van der Waals surface area (Å²) in [5.74, 6) is 0.637. The highest BCUT2D eigenvalue weighted by Crippen LogP contribution is 2.28. The summed E-state index contributed by atoms with van der Waals surface area (Å²) in [7, 11) is 0. The van der Waals surface area contributed by atoms with Crippen molar-refractivity contribution in [3.63, 3.8) is 0 Å². The van der Waals surface area contributed by atoms with E-state index < -0.39 is 0 Å². The van der Waals surface area contributed by atoms with Crippen LogP contribution in [0.4, 0.5) is 0 Å². The Bertz CT molecular complexity index is 946. The van der Waals surface area contributed by atoms with Crippen molar-refractivity contribution in [1.82, 2.24) is 30.2 Å². The summed E-state index contributed by atoms with van der Waals surface area (Å²) in [6, 6.07) is 14.2. The quantitative estimate of drug-likeness (QED) is 0.585. The summed E-state index contributed by atoms with van der Waals surface area (Å²) in [5.41, 5.74) is 5.21. The van der Waals surface area contributed by atoms with E-state index in [-0.39, 0.29) is 6.61 Å². The molecule has 0 bridgehead atoms. The minimum atomic E-state index is 0.0994. The molecule has 0 aliphatic carbocycles. The van der Waals surface area contributed by atoms with E-state index in [1.165, 1.54) is 0 Å². The fourth-order valence-electron chi connectivity index (χ4n) is 2.85. The SMILES string of the molecule is OCCc1cc(-n2ccnc2)ccc1-c1ccc(-c2nnn[nH]2)cc1. The number of nitrogens with zero attached hydrogens (tertiary/aromatic N) is 5. The molecule has 0 amide bonds. The summed E-state index contributed by atoms with van der Waals surface area (Å²) < 4.78 is 1.95. The van der Waals surface area contributed by atoms with Crippen LogP contribution in [0.3, 0.4) is 0 Å². The Kier molecular flexibility index (Phi) is 4.05. The van der Waals surface area contributed by atoms with Gasteiger partial charge in [0.25, 0.3) is 0 Å². The number of aliphatic hydroxyl groups excluding tert-OH is 1. The van der Waals surface area contributed by atoms with Crippen LogP contribution in [-0.2, 0) is 6.42 Å². The van der Waals surface area contributed by atoms with Crippen LogP contribution in [0.5, 0.6) is 0 Å². The van der Waals surface area contributed by atoms with Gasteiger partial charge >= 0.3 is 0 Å². The van der Waals surface area contributed by atoms with E-state index in [2.05, 4.69) is 37.7 Å². The van der Waals surface area contributed by atoms with Crippen molar-refractivity contribution in [2.24, 2.45) is 0 Å². The lowest BCUT2D eigenvalue weighted by atomic mass is 9.96. The number of imidazole rings is 1. The van der Waals surface area contributed by atoms with Crippen molar-refractivity contribution in [2.45, 2.75) is 6.42 Å². The Balaban J connectivity index is 1.71. The molecule has 0 spiro atoms. The predicted molar refractivity (Wildman–Crippen MR) is 93.0 cm³/mol. The molecule has 25 heavy (non-hydrogen) atoms. The molecule has 2 aromatic carbocycles. The van der Waals surface area contributed by atoms with E-state index in [1.54, 1.807) is 12.5 Å². The molecular weight excluding hydrogens is 316 g/mol. The van der Waals surface area contributed by atoms with Crippen molar-refractivity contribution in [2.75, 3.05) is 6.61 Å². The van der Waals surface area contributed by atoms with Crippen molar-refractivity contribution in [1.29, 1.82) is 0 Å². The van der Waals surface area contributed by atoms with Crippen molar-refractivity contribution >= 4 is 0 Å². The van der Waals surface area contributed by atoms with E-state index in [0.29, 0.717) is 12.2 Å². The average Bonchev–Trinajstić information content (AvgIpc) is 3.36. The second kappa shape index (κ2) is 6.66. The van der Waals surface area contributed by atoms with Gasteiger partial charge in [-0.2, -0.15) is 0 Å². The van der Waals surface area contributed by atoms with Crippen molar-refractivity contribution < 1.29 is 5.11 Å². The molecule has 2 N–H and O–H groups in total. The van der Waals surface area contributed by atoms with Gasteiger partial charge in [0.1, 0.15) is 0 Å². The van der Waals surface area contributed by atoms with Gasteiger partial charge in [-0.05, 0) is 45.7 Å². The van der Waals surface area contributed by atoms with Gasteiger partial charge in [-0.25, -0.2) is 10.1 Å². The van der Waals surface area contributed by atoms with Crippen LogP contribution < -0.4 is 0 Å². The summed E-state index contributed by atoms with van der Waals surface area (Å²) in [6.07, 6.45) is 6.00. The summed E-state index contributed by atoms with van der Waals surface area (Å²) in [5, 5.41) is 23.3. The zero-order chi connectivity index (χ0) is 17.1. The molecule has 0 fully saturated rings. The molecule has 0 saturated carbocycles. The molecule has 124 valence electrons. The van der Waals surface area contributed by atoms with E-state index in [4.69, 9.17) is 0 Å². The van der Waals surface area contributed by atoms with Crippen LogP contribution in [0.2, 0.25) is 0 Å². The Labute approximate surface area is 144 Å². The monoisotopic (exact) mass is 332 g/mol. The number of aliphatic hydroxyl groups is 1. The minimum absolute atomic E-state index is 0.0994. The topological polar surface area (TPSA) is 92.5 Å². The van der Waals surface area contributed by atoms with Gasteiger partial charge < -0.3 is 9.67 Å². The van der Waals surface area contributed by atoms with Crippen LogP contribution in [-0.4, -0.2) is 41.9 Å². The summed E-state index contributed by atoms with van der Waals surface area (Å²) in [6.45, 7) is 0.0994. The smallest absolute Gasteiger partial charge is 0.179 e. The molecule has 0 aliphatic heterocycles. The van der Waals surface area contributed by atoms with Gasteiger partial charge in [0.15, 0.2) is 5.82 Å². The fourth-order valence-corrected chi connectivity index (χ4v) is 2.85. The fraction of sp³-hybridized carbons (Fsp3) is 0.111. The summed E-state index contributed by atoms with van der Waals surface area (Å²) >= 11 is 0. The zero-order valence-corrected chi connectivity index (χ0v) is 13.4. The maximum atomic E-state index is 9.44. The third-order valence-electron chi connectivity index (χ3n) is 4.09. The third-order valence-corrected chi connectivity index (χ3v) is 4.09. The van der Waals surface area contributed by atoms with Crippen molar-refractivity contribution in [3.8, 4) is 28.2 Å². The highest BCUT2D eigenvalue weighted by Gasteiger charge is 2.09. The average molecular weight is 332 g/mol. The Morgan fingerprint density at radius 3 is 2.56 bits per heavy atom. The van der Waals surface area contributed by atoms with Crippen LogP contribution >= 0.6 is 0 Å². The standard InChI is InChI=1S/C18H16N6O/c25-10-7-15-11-16(24-9-8-19-12-24)5-6-17(15)13-1-3-14(4-2-13)18-20-22-23-21-18/h1-6,8-9,11-12,25H,7,10H2,(H,20,21,22,23). The Hall–Kier alpha value is -3.32. The lowest BCUT2D eigenvalue weighted by Crippen LogP contribution is -1.98. The second-order valence-electron chi connectivity index (χ2n) is 5.61. The Morgan fingerprint density at radius 1 is 1.04 bits per heavy atom. The maximum absolute atomic E-state index is 9.44. The van der Waals surface area contributed by atoms with E-state index >= 15 is 0 Å². The number of H-pyrrole nitrogens is 1. The normalized spacial score (nSPS) is 10.9. The molecule has 4 aromatic rings. The number of tetrazole rings is 1. The summed E-state index contributed by atoms with van der Waals surface area (Å²) in [4.78, 5) is 4.08. The van der Waals surface area contributed by atoms with Gasteiger partial charge in [-0.15, -0.1) is 5.10 Å². The largest absolute Gasteiger partial charge is 0.396 e. The third kappa shape index (κ3) is 3.05. The lowest BCUT2D eigenvalue weighted by molar-refractivity contribution is 0.300. The number of aromatic nitrogens is 6. The van der Waals surface area contributed by atoms with Gasteiger partial charge in [-0.1, -0.05) is 30.3 Å². The van der Waals surface area contributed by atoms with Gasteiger partial charge in [0.2, 0.25) is 0 Å². The lowest BCUT2D eigenvalue weighted by Gasteiger charge is -2.12. The highest BCUT2D eigenvalue weighted by atomic mass is 16.2. The van der Waals surface area contributed by atoms with E-state index in [0.717, 1.165) is 27.9 Å². The van der Waals surface area contributed by atoms with Crippen LogP contribution in [0.15, 0.2) is 61.2 Å². The molecule has 0 aliphatic rings. The van der Waals surface area contributed by atoms with E-state index in [9.17, 15) is 5.11 Å². The van der Waals surface area contributed by atoms with Crippen LogP contribution in [0, 0.1) is 0 Å². The van der Waals surface area contributed by atoms with Crippen LogP contribution in [0.25, 0.3) is 28.2 Å². The molecule has 0 atom stereocenters. The molecular formula is C18H16N6O. The first-order valence-electron chi connectivity index (χ1n) is 7.92.